The van der Waals surface area contributed by atoms with Crippen LogP contribution in [0.2, 0.25) is 5.02 Å². The Kier molecular flexibility index (Phi) is 6.96. The Morgan fingerprint density at radius 1 is 1.00 bits per heavy atom. The molecular formula is C23H26ClN3O2S2. The number of halogens is 1. The highest BCUT2D eigenvalue weighted by atomic mass is 35.5. The lowest BCUT2D eigenvalue weighted by Gasteiger charge is -2.33. The molecule has 0 aliphatic carbocycles. The van der Waals surface area contributed by atoms with Crippen LogP contribution in [0.5, 0.6) is 0 Å². The van der Waals surface area contributed by atoms with Gasteiger partial charge >= 0.3 is 0 Å². The maximum Gasteiger partial charge on any atom is 0.244 e. The summed E-state index contributed by atoms with van der Waals surface area (Å²) in [6.07, 6.45) is 3.07. The minimum atomic E-state index is -3.58. The Hall–Kier alpha value is -1.93. The number of aryl methyl sites for hydroxylation is 1. The van der Waals surface area contributed by atoms with E-state index in [1.165, 1.54) is 15.4 Å². The third kappa shape index (κ3) is 5.12. The van der Waals surface area contributed by atoms with Crippen LogP contribution in [0.25, 0.3) is 0 Å². The fourth-order valence-corrected chi connectivity index (χ4v) is 6.55. The number of hydrogen-bond acceptors (Lipinski definition) is 5. The molecule has 3 aromatic rings. The molecule has 0 atom stereocenters. The molecular weight excluding hydrogens is 450 g/mol. The van der Waals surface area contributed by atoms with Crippen molar-refractivity contribution in [3.8, 4) is 0 Å². The van der Waals surface area contributed by atoms with Crippen LogP contribution in [-0.2, 0) is 22.9 Å². The molecule has 0 bridgehead atoms. The van der Waals surface area contributed by atoms with Crippen molar-refractivity contribution in [2.75, 3.05) is 31.1 Å². The second-order valence-corrected chi connectivity index (χ2v) is 10.8. The van der Waals surface area contributed by atoms with Crippen molar-refractivity contribution >= 4 is 38.1 Å². The average Bonchev–Trinajstić information content (AvgIpc) is 3.24. The molecule has 1 fully saturated rings. The van der Waals surface area contributed by atoms with Crippen LogP contribution in [0.1, 0.15) is 30.2 Å². The number of nitrogens with zero attached hydrogens (tertiary/aromatic N) is 3. The number of sulfonamides is 1. The van der Waals surface area contributed by atoms with Crippen molar-refractivity contribution in [1.29, 1.82) is 0 Å². The summed E-state index contributed by atoms with van der Waals surface area (Å²) in [7, 11) is -3.58. The Bertz CT molecular complexity index is 1120. The zero-order valence-electron chi connectivity index (χ0n) is 17.5. The van der Waals surface area contributed by atoms with Gasteiger partial charge < -0.3 is 4.90 Å². The molecule has 2 heterocycles. The van der Waals surface area contributed by atoms with E-state index < -0.39 is 10.0 Å². The van der Waals surface area contributed by atoms with Gasteiger partial charge in [-0.15, -0.1) is 11.3 Å². The minimum Gasteiger partial charge on any atom is -0.345 e. The fraction of sp³-hybridized carbons (Fsp3) is 0.348. The Balaban J connectivity index is 1.37. The SMILES string of the molecule is CCCc1ccc(Cc2csc(N3CCN(S(=O)(=O)c4ccccc4Cl)CC3)n2)cc1. The van der Waals surface area contributed by atoms with Crippen LogP contribution in [0.4, 0.5) is 5.13 Å². The van der Waals surface area contributed by atoms with Gasteiger partial charge in [0.2, 0.25) is 10.0 Å². The van der Waals surface area contributed by atoms with E-state index in [2.05, 4.69) is 41.5 Å². The first-order valence-corrected chi connectivity index (χ1v) is 13.2. The van der Waals surface area contributed by atoms with Crippen LogP contribution in [0.15, 0.2) is 58.8 Å². The highest BCUT2D eigenvalue weighted by molar-refractivity contribution is 7.89. The monoisotopic (exact) mass is 475 g/mol. The third-order valence-electron chi connectivity index (χ3n) is 5.45. The Morgan fingerprint density at radius 2 is 1.68 bits per heavy atom. The summed E-state index contributed by atoms with van der Waals surface area (Å²) in [5.74, 6) is 0. The molecule has 0 amide bonds. The third-order valence-corrected chi connectivity index (χ3v) is 8.80. The van der Waals surface area contributed by atoms with Crippen LogP contribution < -0.4 is 4.90 Å². The maximum atomic E-state index is 12.9. The van der Waals surface area contributed by atoms with Crippen molar-refractivity contribution in [1.82, 2.24) is 9.29 Å². The summed E-state index contributed by atoms with van der Waals surface area (Å²) in [5.41, 5.74) is 3.68. The van der Waals surface area contributed by atoms with Gasteiger partial charge in [-0.05, 0) is 29.7 Å². The van der Waals surface area contributed by atoms with Gasteiger partial charge in [0, 0.05) is 38.0 Å². The van der Waals surface area contributed by atoms with Crippen molar-refractivity contribution in [2.45, 2.75) is 31.1 Å². The highest BCUT2D eigenvalue weighted by Gasteiger charge is 2.30. The summed E-state index contributed by atoms with van der Waals surface area (Å²) in [6.45, 7) is 4.25. The van der Waals surface area contributed by atoms with Crippen molar-refractivity contribution in [3.63, 3.8) is 0 Å². The lowest BCUT2D eigenvalue weighted by Crippen LogP contribution is -2.48. The number of aromatic nitrogens is 1. The topological polar surface area (TPSA) is 53.5 Å². The predicted molar refractivity (Wildman–Crippen MR) is 128 cm³/mol. The zero-order chi connectivity index (χ0) is 21.8. The Labute approximate surface area is 193 Å². The summed E-state index contributed by atoms with van der Waals surface area (Å²) >= 11 is 7.74. The average molecular weight is 476 g/mol. The number of thiazole rings is 1. The van der Waals surface area contributed by atoms with Crippen LogP contribution in [0, 0.1) is 0 Å². The van der Waals surface area contributed by atoms with Crippen molar-refractivity contribution < 1.29 is 8.42 Å². The van der Waals surface area contributed by atoms with Crippen LogP contribution in [-0.4, -0.2) is 43.9 Å². The summed E-state index contributed by atoms with van der Waals surface area (Å²) in [5, 5.41) is 3.31. The lowest BCUT2D eigenvalue weighted by molar-refractivity contribution is 0.384. The summed E-state index contributed by atoms with van der Waals surface area (Å²) in [6, 6.07) is 15.4. The highest BCUT2D eigenvalue weighted by Crippen LogP contribution is 2.27. The second kappa shape index (κ2) is 9.69. The lowest BCUT2D eigenvalue weighted by atomic mass is 10.1. The van der Waals surface area contributed by atoms with Gasteiger partial charge in [-0.2, -0.15) is 4.31 Å². The first-order valence-electron chi connectivity index (χ1n) is 10.5. The molecule has 4 rings (SSSR count). The number of hydrogen-bond donors (Lipinski definition) is 0. The molecule has 0 spiro atoms. The number of piperazine rings is 1. The number of anilines is 1. The van der Waals surface area contributed by atoms with E-state index in [-0.39, 0.29) is 9.92 Å². The van der Waals surface area contributed by atoms with Gasteiger partial charge in [0.05, 0.1) is 10.7 Å². The summed E-state index contributed by atoms with van der Waals surface area (Å²) < 4.78 is 27.4. The molecule has 0 radical (unpaired) electrons. The second-order valence-electron chi connectivity index (χ2n) is 7.69. The fourth-order valence-electron chi connectivity index (χ4n) is 3.76. The predicted octanol–water partition coefficient (Wildman–Crippen LogP) is 4.85. The van der Waals surface area contributed by atoms with E-state index >= 15 is 0 Å². The molecule has 2 aromatic carbocycles. The van der Waals surface area contributed by atoms with E-state index in [0.717, 1.165) is 30.1 Å². The first kappa shape index (κ1) is 22.3. The first-order chi connectivity index (χ1) is 15.0. The van der Waals surface area contributed by atoms with Gasteiger partial charge in [0.25, 0.3) is 0 Å². The molecule has 0 saturated carbocycles. The smallest absolute Gasteiger partial charge is 0.244 e. The van der Waals surface area contributed by atoms with Crippen molar-refractivity contribution in [3.05, 3.63) is 75.8 Å². The quantitative estimate of drug-likeness (QED) is 0.490. The maximum absolute atomic E-state index is 12.9. The molecule has 1 aliphatic rings. The van der Waals surface area contributed by atoms with E-state index in [0.29, 0.717) is 26.2 Å². The minimum absolute atomic E-state index is 0.173. The van der Waals surface area contributed by atoms with Gasteiger partial charge in [0.1, 0.15) is 4.90 Å². The standard InChI is InChI=1S/C23H26ClN3O2S2/c1-2-5-18-8-10-19(11-9-18)16-20-17-30-23(25-20)26-12-14-27(15-13-26)31(28,29)22-7-4-3-6-21(22)24/h3-4,6-11,17H,2,5,12-16H2,1H3. The molecule has 1 aromatic heterocycles. The number of benzene rings is 2. The molecule has 1 saturated heterocycles. The van der Waals surface area contributed by atoms with Gasteiger partial charge in [-0.3, -0.25) is 0 Å². The van der Waals surface area contributed by atoms with Crippen molar-refractivity contribution in [2.24, 2.45) is 0 Å². The largest absolute Gasteiger partial charge is 0.345 e. The van der Waals surface area contributed by atoms with Gasteiger partial charge in [0.15, 0.2) is 5.13 Å². The Morgan fingerprint density at radius 3 is 2.35 bits per heavy atom. The number of rotatable bonds is 7. The molecule has 31 heavy (non-hydrogen) atoms. The van der Waals surface area contributed by atoms with Gasteiger partial charge in [-0.25, -0.2) is 13.4 Å². The van der Waals surface area contributed by atoms with E-state index in [4.69, 9.17) is 16.6 Å². The molecule has 0 unspecified atom stereocenters. The van der Waals surface area contributed by atoms with E-state index in [1.807, 2.05) is 0 Å². The molecule has 164 valence electrons. The van der Waals surface area contributed by atoms with Gasteiger partial charge in [-0.1, -0.05) is 61.3 Å². The molecule has 5 nitrogen and oxygen atoms in total. The zero-order valence-corrected chi connectivity index (χ0v) is 19.9. The van der Waals surface area contributed by atoms with E-state index in [1.54, 1.807) is 35.6 Å². The molecule has 8 heteroatoms. The molecule has 1 aliphatic heterocycles. The molecule has 0 N–H and O–H groups in total. The normalized spacial score (nSPS) is 15.4. The van der Waals surface area contributed by atoms with Crippen LogP contribution in [0.3, 0.4) is 0 Å². The summed E-state index contributed by atoms with van der Waals surface area (Å²) in [4.78, 5) is 7.14. The van der Waals surface area contributed by atoms with Crippen LogP contribution >= 0.6 is 22.9 Å². The van der Waals surface area contributed by atoms with E-state index in [9.17, 15) is 8.42 Å².